The Morgan fingerprint density at radius 2 is 1.62 bits per heavy atom. The third-order valence-corrected chi connectivity index (χ3v) is 11.0. The van der Waals surface area contributed by atoms with Crippen molar-refractivity contribution in [3.05, 3.63) is 36.2 Å². The molecule has 0 N–H and O–H groups in total. The Kier molecular flexibility index (Phi) is 8.94. The molecule has 0 aromatic heterocycles. The third kappa shape index (κ3) is 7.50. The molecular weight excluding hydrogens is 519 g/mol. The molecule has 39 heavy (non-hydrogen) atoms. The van der Waals surface area contributed by atoms with E-state index in [0.29, 0.717) is 35.8 Å². The van der Waals surface area contributed by atoms with Gasteiger partial charge in [0.25, 0.3) is 0 Å². The van der Waals surface area contributed by atoms with Crippen molar-refractivity contribution in [2.45, 2.75) is 108 Å². The summed E-state index contributed by atoms with van der Waals surface area (Å²) in [5, 5.41) is 0. The average molecular weight is 563 g/mol. The van der Waals surface area contributed by atoms with Crippen molar-refractivity contribution in [1.82, 2.24) is 0 Å². The molecule has 2 bridgehead atoms. The summed E-state index contributed by atoms with van der Waals surface area (Å²) in [6.45, 7) is 5.28. The summed E-state index contributed by atoms with van der Waals surface area (Å²) in [4.78, 5) is 25.2. The molecule has 0 aliphatic heterocycles. The number of ketones is 1. The van der Waals surface area contributed by atoms with Crippen molar-refractivity contribution in [2.24, 2.45) is 16.7 Å². The molecule has 1 aromatic rings. The van der Waals surface area contributed by atoms with E-state index in [-0.39, 0.29) is 40.9 Å². The van der Waals surface area contributed by atoms with Crippen LogP contribution in [0.4, 0.5) is 4.39 Å². The van der Waals surface area contributed by atoms with Gasteiger partial charge in [-0.3, -0.25) is 9.59 Å². The maximum absolute atomic E-state index is 13.3. The molecule has 4 aliphatic rings. The maximum atomic E-state index is 13.3. The molecule has 6 nitrogen and oxygen atoms in total. The van der Waals surface area contributed by atoms with E-state index in [9.17, 15) is 22.4 Å². The quantitative estimate of drug-likeness (QED) is 0.257. The summed E-state index contributed by atoms with van der Waals surface area (Å²) in [7, 11) is -3.51. The summed E-state index contributed by atoms with van der Waals surface area (Å²) in [5.41, 5.74) is -0.739. The second-order valence-electron chi connectivity index (χ2n) is 13.1. The van der Waals surface area contributed by atoms with Gasteiger partial charge >= 0.3 is 5.97 Å². The lowest BCUT2D eigenvalue weighted by molar-refractivity contribution is -0.154. The van der Waals surface area contributed by atoms with Gasteiger partial charge in [-0.15, -0.1) is 0 Å². The predicted molar refractivity (Wildman–Crippen MR) is 148 cm³/mol. The Hall–Kier alpha value is -2.22. The number of hydrogen-bond acceptors (Lipinski definition) is 6. The minimum atomic E-state index is -3.51. The number of hydrogen-bond donors (Lipinski definition) is 0. The van der Waals surface area contributed by atoms with Crippen LogP contribution in [0.15, 0.2) is 41.1 Å². The first-order chi connectivity index (χ1) is 18.3. The van der Waals surface area contributed by atoms with Gasteiger partial charge in [0.05, 0.1) is 17.0 Å². The van der Waals surface area contributed by atoms with Gasteiger partial charge in [0.1, 0.15) is 23.7 Å². The Bertz CT molecular complexity index is 1150. The lowest BCUT2D eigenvalue weighted by atomic mass is 9.52. The number of fused-ring (bicyclic) bond motifs is 3. The highest BCUT2D eigenvalue weighted by molar-refractivity contribution is 7.91. The average Bonchev–Trinajstić information content (AvgIpc) is 2.86. The molecule has 5 rings (SSSR count). The second-order valence-corrected chi connectivity index (χ2v) is 15.1. The van der Waals surface area contributed by atoms with E-state index >= 15 is 0 Å². The van der Waals surface area contributed by atoms with Gasteiger partial charge in [-0.25, -0.2) is 12.8 Å². The minimum Gasteiger partial charge on any atom is -0.489 e. The number of ether oxygens (including phenoxy) is 2. The van der Waals surface area contributed by atoms with Gasteiger partial charge in [-0.1, -0.05) is 19.3 Å². The first kappa shape index (κ1) is 29.8. The van der Waals surface area contributed by atoms with E-state index < -0.39 is 21.4 Å². The van der Waals surface area contributed by atoms with E-state index in [1.807, 2.05) is 0 Å². The summed E-state index contributed by atoms with van der Waals surface area (Å²) in [6, 6.07) is 6.25. The van der Waals surface area contributed by atoms with E-state index in [1.54, 1.807) is 45.0 Å². The monoisotopic (exact) mass is 562 g/mol. The number of carbonyl (C=O) groups is 2. The van der Waals surface area contributed by atoms with Crippen LogP contribution in [0.3, 0.4) is 0 Å². The molecule has 0 radical (unpaired) electrons. The highest BCUT2D eigenvalue weighted by atomic mass is 32.2. The Labute approximate surface area is 232 Å². The lowest BCUT2D eigenvalue weighted by Gasteiger charge is -2.53. The molecule has 4 fully saturated rings. The molecule has 0 heterocycles. The molecule has 4 saturated carbocycles. The molecule has 0 amide bonds. The highest BCUT2D eigenvalue weighted by Crippen LogP contribution is 2.58. The fourth-order valence-electron chi connectivity index (χ4n) is 6.29. The lowest BCUT2D eigenvalue weighted by Crippen LogP contribution is -2.48. The van der Waals surface area contributed by atoms with Crippen LogP contribution in [0.1, 0.15) is 97.8 Å². The SMILES string of the molecule is CC(C)(C)OC(=O)CC/C(=C\F)COc1ccc(S(=O)(=O)CC23CCC(C(=O)CC4CCC4)(CC2)CC3)cc1. The Morgan fingerprint density at radius 3 is 2.13 bits per heavy atom. The van der Waals surface area contributed by atoms with Crippen molar-refractivity contribution >= 4 is 21.6 Å². The molecule has 4 aliphatic carbocycles. The number of halogens is 1. The predicted octanol–water partition coefficient (Wildman–Crippen LogP) is 6.91. The summed E-state index contributed by atoms with van der Waals surface area (Å²) < 4.78 is 50.9. The molecule has 216 valence electrons. The van der Waals surface area contributed by atoms with Crippen LogP contribution in [-0.2, 0) is 24.2 Å². The van der Waals surface area contributed by atoms with Crippen LogP contribution in [0, 0.1) is 16.7 Å². The van der Waals surface area contributed by atoms with Crippen LogP contribution in [0.2, 0.25) is 0 Å². The van der Waals surface area contributed by atoms with Gasteiger partial charge in [0, 0.05) is 18.3 Å². The third-order valence-electron chi connectivity index (χ3n) is 9.02. The standard InChI is InChI=1S/C31H43FO6S/c1-29(2,3)38-28(34)12-7-24(20-32)21-37-25-8-10-26(11-9-25)39(35,36)22-30-13-16-31(17-14-30,18-15-30)27(33)19-23-5-4-6-23/h8-11,20,23H,4-7,12-19,21-22H2,1-3H3/b24-20+. The first-order valence-corrected chi connectivity index (χ1v) is 16.0. The van der Waals surface area contributed by atoms with Gasteiger partial charge in [-0.2, -0.15) is 0 Å². The summed E-state index contributed by atoms with van der Waals surface area (Å²) in [6.07, 6.45) is 9.81. The van der Waals surface area contributed by atoms with Crippen molar-refractivity contribution < 1.29 is 31.9 Å². The maximum Gasteiger partial charge on any atom is 0.306 e. The smallest absolute Gasteiger partial charge is 0.306 e. The van der Waals surface area contributed by atoms with E-state index in [0.717, 1.165) is 38.5 Å². The number of benzene rings is 1. The van der Waals surface area contributed by atoms with E-state index in [2.05, 4.69) is 0 Å². The van der Waals surface area contributed by atoms with E-state index in [1.165, 1.54) is 19.3 Å². The van der Waals surface area contributed by atoms with Gasteiger partial charge in [0.2, 0.25) is 0 Å². The first-order valence-electron chi connectivity index (χ1n) is 14.3. The van der Waals surface area contributed by atoms with Gasteiger partial charge < -0.3 is 9.47 Å². The van der Waals surface area contributed by atoms with Crippen molar-refractivity contribution in [3.63, 3.8) is 0 Å². The zero-order chi connectivity index (χ0) is 28.3. The van der Waals surface area contributed by atoms with Crippen molar-refractivity contribution in [1.29, 1.82) is 0 Å². The summed E-state index contributed by atoms with van der Waals surface area (Å²) in [5.74, 6) is 1.12. The van der Waals surface area contributed by atoms with Crippen LogP contribution >= 0.6 is 0 Å². The number of sulfone groups is 1. The Balaban J connectivity index is 1.27. The molecule has 8 heteroatoms. The van der Waals surface area contributed by atoms with Crippen molar-refractivity contribution in [3.8, 4) is 5.75 Å². The number of Topliss-reactive ketones (excluding diaryl/α,β-unsaturated/α-hetero) is 1. The molecule has 0 saturated heterocycles. The van der Waals surface area contributed by atoms with Crippen LogP contribution < -0.4 is 4.74 Å². The number of esters is 1. The Morgan fingerprint density at radius 1 is 1.00 bits per heavy atom. The van der Waals surface area contributed by atoms with E-state index in [4.69, 9.17) is 9.47 Å². The minimum absolute atomic E-state index is 0.0459. The van der Waals surface area contributed by atoms with Gasteiger partial charge in [0.15, 0.2) is 9.84 Å². The summed E-state index contributed by atoms with van der Waals surface area (Å²) >= 11 is 0. The van der Waals surface area contributed by atoms with Crippen LogP contribution in [-0.4, -0.2) is 38.1 Å². The molecule has 1 aromatic carbocycles. The fraction of sp³-hybridized carbons (Fsp3) is 0.677. The van der Waals surface area contributed by atoms with Gasteiger partial charge in [-0.05, 0) is 107 Å². The van der Waals surface area contributed by atoms with Crippen LogP contribution in [0.5, 0.6) is 5.75 Å². The molecule has 0 unspecified atom stereocenters. The highest BCUT2D eigenvalue weighted by Gasteiger charge is 2.53. The molecule has 0 spiro atoms. The normalized spacial score (nSPS) is 25.7. The zero-order valence-corrected chi connectivity index (χ0v) is 24.4. The topological polar surface area (TPSA) is 86.7 Å². The largest absolute Gasteiger partial charge is 0.489 e. The number of rotatable bonds is 12. The number of carbonyl (C=O) groups excluding carboxylic acids is 2. The fourth-order valence-corrected chi connectivity index (χ4v) is 8.25. The second kappa shape index (κ2) is 11.7. The molecule has 0 atom stereocenters. The van der Waals surface area contributed by atoms with Crippen molar-refractivity contribution in [2.75, 3.05) is 12.4 Å². The van der Waals surface area contributed by atoms with Crippen LogP contribution in [0.25, 0.3) is 0 Å². The zero-order valence-electron chi connectivity index (χ0n) is 23.6. The molecular formula is C31H43FO6S.